The van der Waals surface area contributed by atoms with E-state index in [0.717, 1.165) is 40.2 Å². The molecule has 320 valence electrons. The largest absolute Gasteiger partial charge is 0.382 e. The molecule has 2 aliphatic heterocycles. The average Bonchev–Trinajstić information content (AvgIpc) is 3.99. The molecule has 5 amide bonds. The van der Waals surface area contributed by atoms with Gasteiger partial charge in [-0.3, -0.25) is 38.9 Å². The Morgan fingerprint density at radius 3 is 2.30 bits per heavy atom. The number of ether oxygens (including phenoxy) is 4. The van der Waals surface area contributed by atoms with Crippen LogP contribution in [0.25, 0.3) is 22.3 Å². The average molecular weight is 837 g/mol. The molecule has 0 radical (unpaired) electrons. The molecule has 19 heteroatoms. The lowest BCUT2D eigenvalue weighted by Crippen LogP contribution is -2.54. The number of hydrogen-bond donors (Lipinski definition) is 5. The Bertz CT molecular complexity index is 2340. The highest BCUT2D eigenvalue weighted by Crippen LogP contribution is 2.32. The second-order valence-corrected chi connectivity index (χ2v) is 14.1. The molecular weight excluding hydrogens is 789 g/mol. The number of amides is 5. The predicted molar refractivity (Wildman–Crippen MR) is 222 cm³/mol. The number of aromatic amines is 1. The molecule has 5 heterocycles. The third-order valence-corrected chi connectivity index (χ3v) is 9.86. The van der Waals surface area contributed by atoms with E-state index in [4.69, 9.17) is 23.9 Å². The predicted octanol–water partition coefficient (Wildman–Crippen LogP) is 3.28. The summed E-state index contributed by atoms with van der Waals surface area (Å²) in [4.78, 5) is 76.2. The number of H-pyrrole nitrogens is 1. The number of fused-ring (bicyclic) bond motifs is 2. The van der Waals surface area contributed by atoms with Crippen LogP contribution in [0.1, 0.15) is 57.3 Å². The van der Waals surface area contributed by atoms with Crippen molar-refractivity contribution < 1.29 is 42.9 Å². The summed E-state index contributed by atoms with van der Waals surface area (Å²) >= 11 is 0. The summed E-state index contributed by atoms with van der Waals surface area (Å²) in [6, 6.07) is 12.9. The van der Waals surface area contributed by atoms with E-state index in [2.05, 4.69) is 43.3 Å². The van der Waals surface area contributed by atoms with Gasteiger partial charge >= 0.3 is 0 Å². The van der Waals surface area contributed by atoms with Crippen LogP contribution in [-0.4, -0.2) is 131 Å². The van der Waals surface area contributed by atoms with Crippen molar-refractivity contribution >= 4 is 57.9 Å². The van der Waals surface area contributed by atoms with Gasteiger partial charge in [0.25, 0.3) is 17.7 Å². The Balaban J connectivity index is 0.706. The van der Waals surface area contributed by atoms with Crippen LogP contribution in [0.4, 0.5) is 17.3 Å². The number of rotatable bonds is 23. The van der Waals surface area contributed by atoms with E-state index in [1.54, 1.807) is 42.5 Å². The molecule has 1 fully saturated rings. The summed E-state index contributed by atoms with van der Waals surface area (Å²) in [5.41, 5.74) is 4.50. The Morgan fingerprint density at radius 2 is 1.57 bits per heavy atom. The highest BCUT2D eigenvalue weighted by molar-refractivity contribution is 6.25. The topological polar surface area (TPSA) is 233 Å². The quantitative estimate of drug-likeness (QED) is 0.0470. The number of aromatic nitrogens is 5. The number of piperidine rings is 1. The van der Waals surface area contributed by atoms with Crippen molar-refractivity contribution in [3.8, 4) is 11.3 Å². The summed E-state index contributed by atoms with van der Waals surface area (Å²) in [7, 11) is 0. The minimum absolute atomic E-state index is 0.0572. The number of carbonyl (C=O) groups excluding carboxylic acids is 5. The van der Waals surface area contributed by atoms with E-state index in [1.807, 2.05) is 29.3 Å². The van der Waals surface area contributed by atoms with E-state index in [1.165, 1.54) is 0 Å². The van der Waals surface area contributed by atoms with Crippen molar-refractivity contribution in [3.05, 3.63) is 83.8 Å². The molecule has 7 rings (SSSR count). The van der Waals surface area contributed by atoms with Crippen molar-refractivity contribution in [2.24, 2.45) is 0 Å². The van der Waals surface area contributed by atoms with Gasteiger partial charge in [-0.05, 0) is 55.3 Å². The van der Waals surface area contributed by atoms with E-state index in [9.17, 15) is 24.0 Å². The lowest BCUT2D eigenvalue weighted by Gasteiger charge is -2.27. The number of benzene rings is 2. The third kappa shape index (κ3) is 10.6. The van der Waals surface area contributed by atoms with Crippen molar-refractivity contribution in [3.63, 3.8) is 0 Å². The van der Waals surface area contributed by atoms with Gasteiger partial charge in [0.1, 0.15) is 11.7 Å². The molecular formula is C42H48N10O9. The molecule has 61 heavy (non-hydrogen) atoms. The zero-order chi connectivity index (χ0) is 42.6. The molecule has 0 spiro atoms. The van der Waals surface area contributed by atoms with Gasteiger partial charge in [-0.25, -0.2) is 4.98 Å². The van der Waals surface area contributed by atoms with Crippen LogP contribution in [0.3, 0.4) is 0 Å². The number of imide groups is 2. The van der Waals surface area contributed by atoms with Crippen molar-refractivity contribution in [2.75, 3.05) is 76.6 Å². The number of carbonyl (C=O) groups is 5. The fourth-order valence-corrected chi connectivity index (χ4v) is 6.91. The highest BCUT2D eigenvalue weighted by atomic mass is 16.6. The normalized spacial score (nSPS) is 15.0. The Kier molecular flexibility index (Phi) is 14.4. The van der Waals surface area contributed by atoms with Gasteiger partial charge < -0.3 is 39.9 Å². The van der Waals surface area contributed by atoms with Gasteiger partial charge in [0, 0.05) is 66.3 Å². The Hall–Kier alpha value is -6.54. The molecule has 3 aromatic heterocycles. The summed E-state index contributed by atoms with van der Waals surface area (Å²) in [5, 5.41) is 16.8. The van der Waals surface area contributed by atoms with E-state index in [-0.39, 0.29) is 29.9 Å². The smallest absolute Gasteiger partial charge is 0.264 e. The maximum absolute atomic E-state index is 13.2. The van der Waals surface area contributed by atoms with Crippen LogP contribution in [0.15, 0.2) is 67.1 Å². The highest BCUT2D eigenvalue weighted by Gasteiger charge is 2.45. The number of nitrogens with zero attached hydrogens (tertiary/aromatic N) is 5. The summed E-state index contributed by atoms with van der Waals surface area (Å²) in [6.07, 6.45) is 6.75. The van der Waals surface area contributed by atoms with E-state index in [0.29, 0.717) is 88.8 Å². The van der Waals surface area contributed by atoms with Crippen molar-refractivity contribution in [1.82, 2.24) is 40.3 Å². The SMILES string of the molecule is CCCn1cc(-c2nc(Nc3ccc(C(=O)NCCOCCOCCOCCOCCNc4cccc5c4C(=O)N(C4CCC(=O)NC4=O)C5=O)cc3)nc3[nH]ccc23)cn1. The summed E-state index contributed by atoms with van der Waals surface area (Å²) < 4.78 is 24.2. The molecule has 0 bridgehead atoms. The van der Waals surface area contributed by atoms with Crippen LogP contribution in [0, 0.1) is 0 Å². The number of hydrogen-bond acceptors (Lipinski definition) is 14. The molecule has 1 unspecified atom stereocenters. The van der Waals surface area contributed by atoms with E-state index >= 15 is 0 Å². The maximum atomic E-state index is 13.2. The molecule has 2 aromatic carbocycles. The summed E-state index contributed by atoms with van der Waals surface area (Å²) in [5.74, 6) is -1.99. The first-order chi connectivity index (χ1) is 29.8. The molecule has 1 saturated heterocycles. The minimum atomic E-state index is -1.02. The fourth-order valence-electron chi connectivity index (χ4n) is 6.91. The fraction of sp³-hybridized carbons (Fsp3) is 0.381. The maximum Gasteiger partial charge on any atom is 0.264 e. The zero-order valence-electron chi connectivity index (χ0n) is 33.7. The third-order valence-electron chi connectivity index (χ3n) is 9.86. The Labute approximate surface area is 350 Å². The van der Waals surface area contributed by atoms with Gasteiger partial charge in [0.05, 0.1) is 75.9 Å². The minimum Gasteiger partial charge on any atom is -0.382 e. The van der Waals surface area contributed by atoms with Gasteiger partial charge in [-0.1, -0.05) is 13.0 Å². The molecule has 19 nitrogen and oxygen atoms in total. The summed E-state index contributed by atoms with van der Waals surface area (Å²) in [6.45, 7) is 6.50. The number of nitrogens with one attached hydrogen (secondary N) is 5. The second-order valence-electron chi connectivity index (χ2n) is 14.1. The molecule has 5 N–H and O–H groups in total. The van der Waals surface area contributed by atoms with Gasteiger partial charge in [-0.15, -0.1) is 0 Å². The van der Waals surface area contributed by atoms with Gasteiger partial charge in [-0.2, -0.15) is 10.1 Å². The second kappa shape index (κ2) is 20.6. The molecule has 2 aliphatic rings. The Morgan fingerprint density at radius 1 is 0.852 bits per heavy atom. The van der Waals surface area contributed by atoms with Gasteiger partial charge in [0.15, 0.2) is 0 Å². The van der Waals surface area contributed by atoms with Gasteiger partial charge in [0.2, 0.25) is 17.8 Å². The first kappa shape index (κ1) is 42.6. The lowest BCUT2D eigenvalue weighted by atomic mass is 10.0. The van der Waals surface area contributed by atoms with Crippen molar-refractivity contribution in [2.45, 2.75) is 38.8 Å². The zero-order valence-corrected chi connectivity index (χ0v) is 33.7. The first-order valence-corrected chi connectivity index (χ1v) is 20.2. The molecule has 5 aromatic rings. The first-order valence-electron chi connectivity index (χ1n) is 20.2. The van der Waals surface area contributed by atoms with Crippen LogP contribution in [0.2, 0.25) is 0 Å². The van der Waals surface area contributed by atoms with Crippen LogP contribution >= 0.6 is 0 Å². The lowest BCUT2D eigenvalue weighted by molar-refractivity contribution is -0.136. The molecule has 0 aliphatic carbocycles. The number of anilines is 3. The van der Waals surface area contributed by atoms with Crippen molar-refractivity contribution in [1.29, 1.82) is 0 Å². The molecule has 1 atom stereocenters. The monoisotopic (exact) mass is 836 g/mol. The molecule has 0 saturated carbocycles. The van der Waals surface area contributed by atoms with Crippen LogP contribution in [0.5, 0.6) is 0 Å². The van der Waals surface area contributed by atoms with Crippen LogP contribution < -0.4 is 21.3 Å². The standard InChI is InChI=1S/C42H48N10O9/c1-2-16-51-26-28(25-46-51)36-31-12-13-44-37(31)50-42(49-36)47-29-8-6-27(7-9-29)38(54)45-15-18-59-20-22-61-24-23-60-21-19-58-17-14-43-32-5-3-4-30-35(32)41(57)52(40(30)56)33-10-11-34(53)48-39(33)55/h3-9,12-13,25-26,33,43H,2,10-11,14-24H2,1H3,(H,45,54)(H,48,53,55)(H2,44,47,49,50). The number of aryl methyl sites for hydroxylation is 1. The van der Waals surface area contributed by atoms with E-state index < -0.39 is 29.7 Å². The van der Waals surface area contributed by atoms with Crippen LogP contribution in [-0.2, 0) is 35.1 Å².